The number of fused-ring (bicyclic) bond motifs is 1. The molecule has 0 spiro atoms. The molecule has 4 aromatic rings. The average Bonchev–Trinajstić information content (AvgIpc) is 3.23. The summed E-state index contributed by atoms with van der Waals surface area (Å²) >= 11 is 0. The topological polar surface area (TPSA) is 56.4 Å². The van der Waals surface area contributed by atoms with Gasteiger partial charge in [0.05, 0.1) is 5.69 Å². The van der Waals surface area contributed by atoms with E-state index in [4.69, 9.17) is 0 Å². The molecule has 4 rings (SSSR count). The number of nitrogens with one attached hydrogen (secondary N) is 1. The van der Waals surface area contributed by atoms with Crippen LogP contribution in [0, 0.1) is 0 Å². The summed E-state index contributed by atoms with van der Waals surface area (Å²) in [6.07, 6.45) is 2.17. The molecule has 150 valence electrons. The SMILES string of the molecule is O=CC(=O)N(CCN(Cc1ccccc1)c1ccccc1)c1c[nH]c2ccccc12. The minimum Gasteiger partial charge on any atom is -0.365 e. The molecule has 0 fully saturated rings. The van der Waals surface area contributed by atoms with Gasteiger partial charge in [-0.1, -0.05) is 66.7 Å². The van der Waals surface area contributed by atoms with Crippen molar-refractivity contribution in [2.24, 2.45) is 0 Å². The molecule has 0 bridgehead atoms. The van der Waals surface area contributed by atoms with Gasteiger partial charge in [-0.15, -0.1) is 0 Å². The standard InChI is InChI=1S/C25H23N3O2/c29-19-25(30)28(24-17-26-23-14-8-7-13-22(23)24)16-15-27(21-11-5-2-6-12-21)18-20-9-3-1-4-10-20/h1-14,17,19,26H,15-16,18H2. The van der Waals surface area contributed by atoms with E-state index in [-0.39, 0.29) is 0 Å². The van der Waals surface area contributed by atoms with Crippen molar-refractivity contribution in [3.63, 3.8) is 0 Å². The van der Waals surface area contributed by atoms with Crippen molar-refractivity contribution in [1.82, 2.24) is 4.98 Å². The fraction of sp³-hybridized carbons (Fsp3) is 0.120. The molecule has 1 amide bonds. The normalized spacial score (nSPS) is 10.7. The number of amides is 1. The van der Waals surface area contributed by atoms with Gasteiger partial charge in [0.1, 0.15) is 0 Å². The molecular weight excluding hydrogens is 374 g/mol. The van der Waals surface area contributed by atoms with E-state index in [9.17, 15) is 9.59 Å². The van der Waals surface area contributed by atoms with Gasteiger partial charge in [-0.25, -0.2) is 0 Å². The van der Waals surface area contributed by atoms with Gasteiger partial charge in [-0.3, -0.25) is 9.59 Å². The predicted molar refractivity (Wildman–Crippen MR) is 121 cm³/mol. The molecule has 5 heteroatoms. The number of anilines is 2. The highest BCUT2D eigenvalue weighted by Gasteiger charge is 2.20. The van der Waals surface area contributed by atoms with Crippen LogP contribution in [0.15, 0.2) is 91.1 Å². The number of nitrogens with zero attached hydrogens (tertiary/aromatic N) is 2. The first-order valence-corrected chi connectivity index (χ1v) is 9.93. The minimum absolute atomic E-state index is 0.381. The first-order chi connectivity index (χ1) is 14.8. The molecule has 0 aliphatic carbocycles. The monoisotopic (exact) mass is 397 g/mol. The first-order valence-electron chi connectivity index (χ1n) is 9.93. The van der Waals surface area contributed by atoms with Crippen molar-refractivity contribution < 1.29 is 9.59 Å². The highest BCUT2D eigenvalue weighted by molar-refractivity contribution is 6.31. The zero-order valence-electron chi connectivity index (χ0n) is 16.6. The zero-order valence-corrected chi connectivity index (χ0v) is 16.6. The van der Waals surface area contributed by atoms with E-state index >= 15 is 0 Å². The van der Waals surface area contributed by atoms with Crippen LogP contribution in [0.1, 0.15) is 5.56 Å². The van der Waals surface area contributed by atoms with E-state index in [1.54, 1.807) is 11.1 Å². The maximum atomic E-state index is 12.5. The second kappa shape index (κ2) is 9.09. The summed E-state index contributed by atoms with van der Waals surface area (Å²) < 4.78 is 0. The number of H-pyrrole nitrogens is 1. The molecule has 0 unspecified atom stereocenters. The molecular formula is C25H23N3O2. The molecule has 3 aromatic carbocycles. The van der Waals surface area contributed by atoms with Gasteiger partial charge in [-0.2, -0.15) is 0 Å². The number of aromatic amines is 1. The highest BCUT2D eigenvalue weighted by atomic mass is 16.2. The number of aromatic nitrogens is 1. The van der Waals surface area contributed by atoms with Crippen molar-refractivity contribution in [3.8, 4) is 0 Å². The number of rotatable bonds is 8. The van der Waals surface area contributed by atoms with Crippen LogP contribution in [0.5, 0.6) is 0 Å². The Balaban J connectivity index is 1.61. The maximum absolute atomic E-state index is 12.5. The summed E-state index contributed by atoms with van der Waals surface area (Å²) in [5, 5.41) is 0.919. The van der Waals surface area contributed by atoms with Gasteiger partial charge < -0.3 is 14.8 Å². The first kappa shape index (κ1) is 19.5. The lowest BCUT2D eigenvalue weighted by Crippen LogP contribution is -2.39. The molecule has 0 aliphatic heterocycles. The van der Waals surface area contributed by atoms with Gasteiger partial charge in [0.15, 0.2) is 0 Å². The highest BCUT2D eigenvalue weighted by Crippen LogP contribution is 2.27. The van der Waals surface area contributed by atoms with Crippen molar-refractivity contribution in [3.05, 3.63) is 96.7 Å². The molecule has 1 heterocycles. The fourth-order valence-corrected chi connectivity index (χ4v) is 3.66. The molecule has 0 atom stereocenters. The van der Waals surface area contributed by atoms with Crippen molar-refractivity contribution in [2.45, 2.75) is 6.54 Å². The average molecular weight is 397 g/mol. The van der Waals surface area contributed by atoms with Crippen LogP contribution in [-0.4, -0.2) is 30.3 Å². The number of hydrogen-bond acceptors (Lipinski definition) is 3. The van der Waals surface area contributed by atoms with Crippen LogP contribution >= 0.6 is 0 Å². The molecule has 0 saturated carbocycles. The van der Waals surface area contributed by atoms with E-state index in [1.165, 1.54) is 5.56 Å². The third kappa shape index (κ3) is 4.25. The Bertz CT molecular complexity index is 1120. The van der Waals surface area contributed by atoms with Crippen LogP contribution in [0.2, 0.25) is 0 Å². The Morgan fingerprint density at radius 3 is 2.23 bits per heavy atom. The fourth-order valence-electron chi connectivity index (χ4n) is 3.66. The second-order valence-electron chi connectivity index (χ2n) is 7.07. The van der Waals surface area contributed by atoms with E-state index in [2.05, 4.69) is 34.1 Å². The summed E-state index contributed by atoms with van der Waals surface area (Å²) in [4.78, 5) is 30.8. The number of aldehydes is 1. The Kier molecular flexibility index (Phi) is 5.90. The van der Waals surface area contributed by atoms with Crippen molar-refractivity contribution in [1.29, 1.82) is 0 Å². The van der Waals surface area contributed by atoms with Crippen molar-refractivity contribution >= 4 is 34.5 Å². The molecule has 0 saturated heterocycles. The predicted octanol–water partition coefficient (Wildman–Crippen LogP) is 4.41. The largest absolute Gasteiger partial charge is 0.365 e. The number of carbonyl (C=O) groups excluding carboxylic acids is 2. The Morgan fingerprint density at radius 2 is 1.50 bits per heavy atom. The van der Waals surface area contributed by atoms with Crippen LogP contribution in [0.3, 0.4) is 0 Å². The summed E-state index contributed by atoms with van der Waals surface area (Å²) in [6.45, 7) is 1.68. The Labute approximate surface area is 175 Å². The lowest BCUT2D eigenvalue weighted by atomic mass is 10.2. The van der Waals surface area contributed by atoms with E-state index in [0.29, 0.717) is 25.9 Å². The third-order valence-corrected chi connectivity index (χ3v) is 5.16. The molecule has 0 aliphatic rings. The second-order valence-corrected chi connectivity index (χ2v) is 7.07. The van der Waals surface area contributed by atoms with Crippen molar-refractivity contribution in [2.75, 3.05) is 22.9 Å². The smallest absolute Gasteiger partial charge is 0.291 e. The Hall–Kier alpha value is -3.86. The summed E-state index contributed by atoms with van der Waals surface area (Å²) in [7, 11) is 0. The number of benzene rings is 3. The van der Waals surface area contributed by atoms with Crippen LogP contribution < -0.4 is 9.80 Å². The Morgan fingerprint density at radius 1 is 0.833 bits per heavy atom. The zero-order chi connectivity index (χ0) is 20.8. The number of hydrogen-bond donors (Lipinski definition) is 1. The third-order valence-electron chi connectivity index (χ3n) is 5.16. The van der Waals surface area contributed by atoms with Gasteiger partial charge in [0.2, 0.25) is 6.29 Å². The van der Waals surface area contributed by atoms with E-state index < -0.39 is 5.91 Å². The van der Waals surface area contributed by atoms with Gasteiger partial charge in [-0.05, 0) is 23.8 Å². The summed E-state index contributed by atoms with van der Waals surface area (Å²) in [5.41, 5.74) is 3.90. The van der Waals surface area contributed by atoms with Crippen LogP contribution in [-0.2, 0) is 16.1 Å². The van der Waals surface area contributed by atoms with E-state index in [1.807, 2.05) is 60.7 Å². The lowest BCUT2D eigenvalue weighted by molar-refractivity contribution is -0.129. The lowest BCUT2D eigenvalue weighted by Gasteiger charge is -2.28. The molecule has 0 radical (unpaired) electrons. The van der Waals surface area contributed by atoms with Crippen LogP contribution in [0.25, 0.3) is 10.9 Å². The number of carbonyl (C=O) groups is 2. The van der Waals surface area contributed by atoms with Gasteiger partial charge in [0, 0.05) is 42.4 Å². The van der Waals surface area contributed by atoms with Crippen LogP contribution in [0.4, 0.5) is 11.4 Å². The quantitative estimate of drug-likeness (QED) is 0.354. The molecule has 1 aromatic heterocycles. The maximum Gasteiger partial charge on any atom is 0.291 e. The summed E-state index contributed by atoms with van der Waals surface area (Å²) in [5.74, 6) is -0.549. The minimum atomic E-state index is -0.549. The molecule has 1 N–H and O–H groups in total. The van der Waals surface area contributed by atoms with Gasteiger partial charge in [0.25, 0.3) is 5.91 Å². The van der Waals surface area contributed by atoms with E-state index in [0.717, 1.165) is 22.3 Å². The summed E-state index contributed by atoms with van der Waals surface area (Å²) in [6, 6.07) is 28.1. The van der Waals surface area contributed by atoms with Gasteiger partial charge >= 0.3 is 0 Å². The number of para-hydroxylation sites is 2. The molecule has 30 heavy (non-hydrogen) atoms. The molecule has 5 nitrogen and oxygen atoms in total.